The van der Waals surface area contributed by atoms with Crippen molar-refractivity contribution in [3.8, 4) is 22.6 Å². The summed E-state index contributed by atoms with van der Waals surface area (Å²) in [4.78, 5) is 34.3. The largest absolute Gasteiger partial charge is 0.465 e. The van der Waals surface area contributed by atoms with Crippen molar-refractivity contribution in [2.75, 3.05) is 38.3 Å². The molecule has 0 spiro atoms. The Bertz CT molecular complexity index is 1360. The highest BCUT2D eigenvalue weighted by atomic mass is 16.5. The van der Waals surface area contributed by atoms with Gasteiger partial charge in [-0.15, -0.1) is 0 Å². The minimum absolute atomic E-state index is 0.212. The molecule has 5 rings (SSSR count). The number of imidazole rings is 1. The Hall–Kier alpha value is -4.43. The van der Waals surface area contributed by atoms with Gasteiger partial charge in [0.1, 0.15) is 5.82 Å². The number of anilines is 1. The standard InChI is InChI=1S/C29H28N4O4/c1-36-29(35)24-8-6-23(7-9-24)28(34)31-18-20-2-4-22(5-3-20)27-30-19-26(32-27)21-10-12-25(13-11-21)33-14-16-37-17-15-33/h2-13,19H,14-18H2,1H3,(H,30,32)(H,31,34). The van der Waals surface area contributed by atoms with Crippen LogP contribution in [0, 0.1) is 0 Å². The molecule has 2 heterocycles. The molecule has 2 N–H and O–H groups in total. The van der Waals surface area contributed by atoms with Gasteiger partial charge in [-0.2, -0.15) is 0 Å². The van der Waals surface area contributed by atoms with E-state index in [1.54, 1.807) is 24.3 Å². The quantitative estimate of drug-likeness (QED) is 0.371. The van der Waals surface area contributed by atoms with Gasteiger partial charge in [0, 0.05) is 36.4 Å². The number of aromatic nitrogens is 2. The number of H-pyrrole nitrogens is 1. The fourth-order valence-electron chi connectivity index (χ4n) is 4.23. The number of benzene rings is 3. The van der Waals surface area contributed by atoms with Gasteiger partial charge in [0.05, 0.1) is 37.8 Å². The molecule has 1 aliphatic rings. The van der Waals surface area contributed by atoms with E-state index in [0.29, 0.717) is 17.7 Å². The molecule has 1 saturated heterocycles. The maximum Gasteiger partial charge on any atom is 0.337 e. The van der Waals surface area contributed by atoms with Crippen molar-refractivity contribution in [3.05, 3.63) is 95.7 Å². The van der Waals surface area contributed by atoms with Crippen LogP contribution in [0.4, 0.5) is 5.69 Å². The fraction of sp³-hybridized carbons (Fsp3) is 0.207. The van der Waals surface area contributed by atoms with Gasteiger partial charge in [-0.3, -0.25) is 4.79 Å². The maximum absolute atomic E-state index is 12.5. The normalized spacial score (nSPS) is 13.3. The zero-order valence-electron chi connectivity index (χ0n) is 20.6. The maximum atomic E-state index is 12.5. The van der Waals surface area contributed by atoms with E-state index in [1.807, 2.05) is 30.5 Å². The Labute approximate surface area is 215 Å². The minimum atomic E-state index is -0.433. The van der Waals surface area contributed by atoms with Gasteiger partial charge in [0.15, 0.2) is 0 Å². The predicted octanol–water partition coefficient (Wildman–Crippen LogP) is 4.30. The van der Waals surface area contributed by atoms with Crippen molar-refractivity contribution in [1.82, 2.24) is 15.3 Å². The summed E-state index contributed by atoms with van der Waals surface area (Å²) in [6.07, 6.45) is 1.85. The molecule has 3 aromatic carbocycles. The SMILES string of the molecule is COC(=O)c1ccc(C(=O)NCc2ccc(-c3ncc(-c4ccc(N5CCOCC5)cc4)[nH]3)cc2)cc1. The van der Waals surface area contributed by atoms with Crippen LogP contribution in [0.3, 0.4) is 0 Å². The second-order valence-corrected chi connectivity index (χ2v) is 8.74. The van der Waals surface area contributed by atoms with Gasteiger partial charge >= 0.3 is 5.97 Å². The van der Waals surface area contributed by atoms with Crippen molar-refractivity contribution >= 4 is 17.6 Å². The van der Waals surface area contributed by atoms with E-state index in [9.17, 15) is 9.59 Å². The number of nitrogens with zero attached hydrogens (tertiary/aromatic N) is 2. The second-order valence-electron chi connectivity index (χ2n) is 8.74. The first-order valence-corrected chi connectivity index (χ1v) is 12.1. The van der Waals surface area contributed by atoms with E-state index >= 15 is 0 Å². The number of amides is 1. The van der Waals surface area contributed by atoms with Gasteiger partial charge in [0.2, 0.25) is 0 Å². The number of methoxy groups -OCH3 is 1. The number of carbonyl (C=O) groups excluding carboxylic acids is 2. The third-order valence-electron chi connectivity index (χ3n) is 6.38. The number of rotatable bonds is 7. The molecule has 37 heavy (non-hydrogen) atoms. The van der Waals surface area contributed by atoms with E-state index in [4.69, 9.17) is 4.74 Å². The van der Waals surface area contributed by atoms with Gasteiger partial charge in [-0.1, -0.05) is 36.4 Å². The topological polar surface area (TPSA) is 96.6 Å². The van der Waals surface area contributed by atoms with E-state index in [1.165, 1.54) is 12.8 Å². The number of esters is 1. The van der Waals surface area contributed by atoms with Gasteiger partial charge < -0.3 is 24.7 Å². The molecule has 0 atom stereocenters. The number of hydrogen-bond acceptors (Lipinski definition) is 6. The van der Waals surface area contributed by atoms with Crippen LogP contribution >= 0.6 is 0 Å². The van der Waals surface area contributed by atoms with Crippen molar-refractivity contribution in [2.24, 2.45) is 0 Å². The predicted molar refractivity (Wildman–Crippen MR) is 141 cm³/mol. The van der Waals surface area contributed by atoms with Crippen molar-refractivity contribution in [3.63, 3.8) is 0 Å². The lowest BCUT2D eigenvalue weighted by atomic mass is 10.1. The Balaban J connectivity index is 1.18. The first-order valence-electron chi connectivity index (χ1n) is 12.1. The smallest absolute Gasteiger partial charge is 0.337 e. The summed E-state index contributed by atoms with van der Waals surface area (Å²) < 4.78 is 10.1. The van der Waals surface area contributed by atoms with E-state index in [2.05, 4.69) is 49.2 Å². The molecule has 0 unspecified atom stereocenters. The lowest BCUT2D eigenvalue weighted by molar-refractivity contribution is 0.0600. The summed E-state index contributed by atoms with van der Waals surface area (Å²) in [5.41, 5.74) is 6.05. The van der Waals surface area contributed by atoms with E-state index in [0.717, 1.165) is 54.5 Å². The zero-order chi connectivity index (χ0) is 25.6. The summed E-state index contributed by atoms with van der Waals surface area (Å²) >= 11 is 0. The summed E-state index contributed by atoms with van der Waals surface area (Å²) in [6.45, 7) is 3.75. The van der Waals surface area contributed by atoms with Crippen molar-refractivity contribution < 1.29 is 19.1 Å². The van der Waals surface area contributed by atoms with Crippen LogP contribution in [-0.4, -0.2) is 55.3 Å². The molecule has 0 bridgehead atoms. The monoisotopic (exact) mass is 496 g/mol. The molecular formula is C29H28N4O4. The molecule has 1 aliphatic heterocycles. The second kappa shape index (κ2) is 11.1. The van der Waals surface area contributed by atoms with Crippen LogP contribution < -0.4 is 10.2 Å². The fourth-order valence-corrected chi connectivity index (χ4v) is 4.23. The summed E-state index contributed by atoms with van der Waals surface area (Å²) in [7, 11) is 1.32. The molecule has 0 aliphatic carbocycles. The molecule has 8 heteroatoms. The van der Waals surface area contributed by atoms with E-state index in [-0.39, 0.29) is 5.91 Å². The lowest BCUT2D eigenvalue weighted by Crippen LogP contribution is -2.36. The lowest BCUT2D eigenvalue weighted by Gasteiger charge is -2.28. The van der Waals surface area contributed by atoms with Crippen LogP contribution in [0.2, 0.25) is 0 Å². The number of aromatic amines is 1. The Morgan fingerprint density at radius 2 is 1.57 bits per heavy atom. The molecular weight excluding hydrogens is 468 g/mol. The number of nitrogens with one attached hydrogen (secondary N) is 2. The summed E-state index contributed by atoms with van der Waals surface area (Å²) in [5, 5.41) is 2.90. The summed E-state index contributed by atoms with van der Waals surface area (Å²) in [6, 6.07) is 22.8. The first-order chi connectivity index (χ1) is 18.1. The molecule has 1 fully saturated rings. The number of ether oxygens (including phenoxy) is 2. The molecule has 188 valence electrons. The van der Waals surface area contributed by atoms with Crippen LogP contribution in [0.25, 0.3) is 22.6 Å². The molecule has 1 amide bonds. The molecule has 8 nitrogen and oxygen atoms in total. The van der Waals surface area contributed by atoms with Gasteiger partial charge in [0.25, 0.3) is 5.91 Å². The average Bonchev–Trinajstić information content (AvgIpc) is 3.47. The highest BCUT2D eigenvalue weighted by Gasteiger charge is 2.12. The first kappa shape index (κ1) is 24.3. The van der Waals surface area contributed by atoms with E-state index < -0.39 is 5.97 Å². The summed E-state index contributed by atoms with van der Waals surface area (Å²) in [5.74, 6) is 0.141. The van der Waals surface area contributed by atoms with Crippen LogP contribution in [0.15, 0.2) is 79.0 Å². The number of carbonyl (C=O) groups is 2. The molecule has 0 radical (unpaired) electrons. The number of morpholine rings is 1. The third kappa shape index (κ3) is 5.70. The Morgan fingerprint density at radius 1 is 0.919 bits per heavy atom. The molecule has 4 aromatic rings. The van der Waals surface area contributed by atoms with Crippen LogP contribution in [0.5, 0.6) is 0 Å². The average molecular weight is 497 g/mol. The van der Waals surface area contributed by atoms with Crippen LogP contribution in [-0.2, 0) is 16.0 Å². The molecule has 1 aromatic heterocycles. The Morgan fingerprint density at radius 3 is 2.24 bits per heavy atom. The van der Waals surface area contributed by atoms with Crippen LogP contribution in [0.1, 0.15) is 26.3 Å². The van der Waals surface area contributed by atoms with Gasteiger partial charge in [-0.25, -0.2) is 9.78 Å². The zero-order valence-corrected chi connectivity index (χ0v) is 20.6. The molecule has 0 saturated carbocycles. The van der Waals surface area contributed by atoms with Gasteiger partial charge in [-0.05, 0) is 47.5 Å². The highest BCUT2D eigenvalue weighted by Crippen LogP contribution is 2.25. The number of hydrogen-bond donors (Lipinski definition) is 2. The highest BCUT2D eigenvalue weighted by molar-refractivity contribution is 5.96. The van der Waals surface area contributed by atoms with Crippen molar-refractivity contribution in [2.45, 2.75) is 6.54 Å². The Kier molecular flexibility index (Phi) is 7.28. The third-order valence-corrected chi connectivity index (χ3v) is 6.38. The minimum Gasteiger partial charge on any atom is -0.465 e. The van der Waals surface area contributed by atoms with Crippen molar-refractivity contribution in [1.29, 1.82) is 0 Å².